The number of nitrogens with two attached hydrogens (primary N) is 1. The Bertz CT molecular complexity index is 522. The number of hydrogen-bond acceptors (Lipinski definition) is 3. The van der Waals surface area contributed by atoms with E-state index in [0.717, 1.165) is 0 Å². The standard InChI is InChI=1S/C15H20N2O3/c1-10-8-17(9-15(2,3)20-10)14(19)12-6-4-11(5-7-12)13(16)18/h4-7,10H,8-9H2,1-3H3,(H2,16,18). The minimum Gasteiger partial charge on any atom is -0.369 e. The molecule has 1 fully saturated rings. The zero-order valence-corrected chi connectivity index (χ0v) is 12.1. The van der Waals surface area contributed by atoms with Crippen LogP contribution in [-0.4, -0.2) is 41.5 Å². The number of morpholine rings is 1. The van der Waals surface area contributed by atoms with Crippen LogP contribution in [0.5, 0.6) is 0 Å². The Morgan fingerprint density at radius 1 is 1.25 bits per heavy atom. The molecule has 1 aromatic carbocycles. The van der Waals surface area contributed by atoms with E-state index < -0.39 is 5.91 Å². The van der Waals surface area contributed by atoms with Gasteiger partial charge in [-0.2, -0.15) is 0 Å². The van der Waals surface area contributed by atoms with E-state index in [1.165, 1.54) is 0 Å². The molecule has 1 atom stereocenters. The first-order chi connectivity index (χ1) is 9.28. The molecule has 5 nitrogen and oxygen atoms in total. The molecule has 0 saturated carbocycles. The Kier molecular flexibility index (Phi) is 3.81. The van der Waals surface area contributed by atoms with Crippen LogP contribution < -0.4 is 5.73 Å². The van der Waals surface area contributed by atoms with E-state index in [1.54, 1.807) is 29.2 Å². The summed E-state index contributed by atoms with van der Waals surface area (Å²) < 4.78 is 5.79. The molecule has 5 heteroatoms. The highest BCUT2D eigenvalue weighted by Gasteiger charge is 2.33. The summed E-state index contributed by atoms with van der Waals surface area (Å²) in [6.45, 7) is 7.02. The first-order valence-corrected chi connectivity index (χ1v) is 6.65. The molecule has 0 radical (unpaired) electrons. The number of benzene rings is 1. The normalized spacial score (nSPS) is 21.6. The molecule has 1 saturated heterocycles. The maximum absolute atomic E-state index is 12.5. The molecule has 0 aromatic heterocycles. The molecular formula is C15H20N2O3. The summed E-state index contributed by atoms with van der Waals surface area (Å²) >= 11 is 0. The molecule has 1 aromatic rings. The van der Waals surface area contributed by atoms with Gasteiger partial charge in [-0.25, -0.2) is 0 Å². The summed E-state index contributed by atoms with van der Waals surface area (Å²) in [4.78, 5) is 25.3. The van der Waals surface area contributed by atoms with Crippen LogP contribution in [-0.2, 0) is 4.74 Å². The highest BCUT2D eigenvalue weighted by molar-refractivity contribution is 5.97. The minimum absolute atomic E-state index is 0.00703. The number of ether oxygens (including phenoxy) is 1. The molecule has 2 rings (SSSR count). The molecule has 0 bridgehead atoms. The van der Waals surface area contributed by atoms with Crippen LogP contribution in [0.15, 0.2) is 24.3 Å². The van der Waals surface area contributed by atoms with E-state index in [2.05, 4.69) is 0 Å². The third kappa shape index (κ3) is 3.17. The van der Waals surface area contributed by atoms with Crippen molar-refractivity contribution in [2.24, 2.45) is 5.73 Å². The number of rotatable bonds is 2. The molecule has 1 aliphatic heterocycles. The lowest BCUT2D eigenvalue weighted by atomic mass is 10.0. The summed E-state index contributed by atoms with van der Waals surface area (Å²) in [5, 5.41) is 0. The van der Waals surface area contributed by atoms with E-state index in [0.29, 0.717) is 24.2 Å². The summed E-state index contributed by atoms with van der Waals surface area (Å²) in [7, 11) is 0. The van der Waals surface area contributed by atoms with E-state index in [4.69, 9.17) is 10.5 Å². The Balaban J connectivity index is 2.16. The van der Waals surface area contributed by atoms with Crippen LogP contribution in [0.2, 0.25) is 0 Å². The average molecular weight is 276 g/mol. The molecule has 1 aliphatic rings. The van der Waals surface area contributed by atoms with Gasteiger partial charge in [-0.05, 0) is 45.0 Å². The van der Waals surface area contributed by atoms with Gasteiger partial charge >= 0.3 is 0 Å². The van der Waals surface area contributed by atoms with Gasteiger partial charge < -0.3 is 15.4 Å². The van der Waals surface area contributed by atoms with Crippen molar-refractivity contribution in [1.29, 1.82) is 0 Å². The molecule has 108 valence electrons. The molecular weight excluding hydrogens is 256 g/mol. The smallest absolute Gasteiger partial charge is 0.254 e. The second-order valence-electron chi connectivity index (χ2n) is 5.82. The lowest BCUT2D eigenvalue weighted by Crippen LogP contribution is -2.53. The van der Waals surface area contributed by atoms with E-state index in [-0.39, 0.29) is 17.6 Å². The van der Waals surface area contributed by atoms with Gasteiger partial charge in [0.15, 0.2) is 0 Å². The van der Waals surface area contributed by atoms with Gasteiger partial charge in [0.2, 0.25) is 5.91 Å². The van der Waals surface area contributed by atoms with Gasteiger partial charge in [0.1, 0.15) is 0 Å². The fourth-order valence-electron chi connectivity index (χ4n) is 2.57. The van der Waals surface area contributed by atoms with Gasteiger partial charge in [0.25, 0.3) is 5.91 Å². The van der Waals surface area contributed by atoms with Crippen molar-refractivity contribution < 1.29 is 14.3 Å². The average Bonchev–Trinajstić information content (AvgIpc) is 2.35. The molecule has 1 heterocycles. The van der Waals surface area contributed by atoms with Crippen molar-refractivity contribution in [3.05, 3.63) is 35.4 Å². The molecule has 2 amide bonds. The second kappa shape index (κ2) is 5.25. The number of amides is 2. The van der Waals surface area contributed by atoms with Crippen LogP contribution in [0.4, 0.5) is 0 Å². The number of hydrogen-bond donors (Lipinski definition) is 1. The molecule has 2 N–H and O–H groups in total. The maximum atomic E-state index is 12.5. The third-order valence-corrected chi connectivity index (χ3v) is 3.27. The number of carbonyl (C=O) groups excluding carboxylic acids is 2. The second-order valence-corrected chi connectivity index (χ2v) is 5.82. The zero-order chi connectivity index (χ0) is 14.9. The van der Waals surface area contributed by atoms with Gasteiger partial charge in [-0.3, -0.25) is 9.59 Å². The third-order valence-electron chi connectivity index (χ3n) is 3.27. The van der Waals surface area contributed by atoms with Crippen molar-refractivity contribution in [2.75, 3.05) is 13.1 Å². The maximum Gasteiger partial charge on any atom is 0.254 e. The summed E-state index contributed by atoms with van der Waals surface area (Å²) in [5.41, 5.74) is 5.79. The van der Waals surface area contributed by atoms with Crippen LogP contribution in [0.1, 0.15) is 41.5 Å². The monoisotopic (exact) mass is 276 g/mol. The SMILES string of the molecule is CC1CN(C(=O)c2ccc(C(N)=O)cc2)CC(C)(C)O1. The zero-order valence-electron chi connectivity index (χ0n) is 12.1. The highest BCUT2D eigenvalue weighted by Crippen LogP contribution is 2.22. The quantitative estimate of drug-likeness (QED) is 0.888. The largest absolute Gasteiger partial charge is 0.369 e. The predicted octanol–water partition coefficient (Wildman–Crippen LogP) is 1.43. The molecule has 20 heavy (non-hydrogen) atoms. The summed E-state index contributed by atoms with van der Waals surface area (Å²) in [6.07, 6.45) is 0.00703. The van der Waals surface area contributed by atoms with E-state index in [9.17, 15) is 9.59 Å². The fourth-order valence-corrected chi connectivity index (χ4v) is 2.57. The van der Waals surface area contributed by atoms with Crippen LogP contribution in [0.25, 0.3) is 0 Å². The van der Waals surface area contributed by atoms with Crippen molar-refractivity contribution in [3.63, 3.8) is 0 Å². The Hall–Kier alpha value is -1.88. The van der Waals surface area contributed by atoms with Crippen molar-refractivity contribution in [2.45, 2.75) is 32.5 Å². The Morgan fingerprint density at radius 2 is 1.80 bits per heavy atom. The van der Waals surface area contributed by atoms with Crippen LogP contribution in [0.3, 0.4) is 0 Å². The predicted molar refractivity (Wildman–Crippen MR) is 75.5 cm³/mol. The van der Waals surface area contributed by atoms with Crippen molar-refractivity contribution >= 4 is 11.8 Å². The van der Waals surface area contributed by atoms with E-state index in [1.807, 2.05) is 20.8 Å². The van der Waals surface area contributed by atoms with Gasteiger partial charge in [0, 0.05) is 24.2 Å². The van der Waals surface area contributed by atoms with Gasteiger partial charge in [-0.15, -0.1) is 0 Å². The fraction of sp³-hybridized carbons (Fsp3) is 0.467. The number of nitrogens with zero attached hydrogens (tertiary/aromatic N) is 1. The van der Waals surface area contributed by atoms with Crippen molar-refractivity contribution in [1.82, 2.24) is 4.90 Å². The van der Waals surface area contributed by atoms with Gasteiger partial charge in [0.05, 0.1) is 11.7 Å². The molecule has 1 unspecified atom stereocenters. The Morgan fingerprint density at radius 3 is 2.30 bits per heavy atom. The Labute approximate surface area is 118 Å². The first-order valence-electron chi connectivity index (χ1n) is 6.65. The number of carbonyl (C=O) groups is 2. The highest BCUT2D eigenvalue weighted by atomic mass is 16.5. The van der Waals surface area contributed by atoms with Gasteiger partial charge in [-0.1, -0.05) is 0 Å². The van der Waals surface area contributed by atoms with Crippen molar-refractivity contribution in [3.8, 4) is 0 Å². The number of primary amides is 1. The van der Waals surface area contributed by atoms with E-state index >= 15 is 0 Å². The lowest BCUT2D eigenvalue weighted by Gasteiger charge is -2.41. The molecule has 0 aliphatic carbocycles. The minimum atomic E-state index is -0.495. The van der Waals surface area contributed by atoms with Crippen LogP contribution >= 0.6 is 0 Å². The summed E-state index contributed by atoms with van der Waals surface area (Å²) in [6, 6.07) is 6.42. The first kappa shape index (κ1) is 14.5. The topological polar surface area (TPSA) is 72.6 Å². The lowest BCUT2D eigenvalue weighted by molar-refractivity contribution is -0.118. The molecule has 0 spiro atoms. The van der Waals surface area contributed by atoms with Crippen LogP contribution in [0, 0.1) is 0 Å². The summed E-state index contributed by atoms with van der Waals surface area (Å²) in [5.74, 6) is -0.547.